The van der Waals surface area contributed by atoms with Gasteiger partial charge in [0.2, 0.25) is 5.91 Å². The zero-order valence-corrected chi connectivity index (χ0v) is 14.4. The highest BCUT2D eigenvalue weighted by molar-refractivity contribution is 9.10. The molecule has 0 radical (unpaired) electrons. The minimum absolute atomic E-state index is 0.193. The maximum atomic E-state index is 12.1. The van der Waals surface area contributed by atoms with E-state index in [1.165, 1.54) is 13.3 Å². The molecule has 1 amide bonds. The Kier molecular flexibility index (Phi) is 5.63. The molecule has 1 aromatic heterocycles. The predicted octanol–water partition coefficient (Wildman–Crippen LogP) is 3.70. The Labute approximate surface area is 141 Å². The number of hydrogen-bond donors (Lipinski definition) is 1. The summed E-state index contributed by atoms with van der Waals surface area (Å²) < 4.78 is 11.1. The molecule has 0 saturated carbocycles. The van der Waals surface area contributed by atoms with Crippen molar-refractivity contribution in [1.29, 1.82) is 0 Å². The molecule has 0 atom stereocenters. The minimum atomic E-state index is -0.193. The fourth-order valence-corrected chi connectivity index (χ4v) is 2.42. The summed E-state index contributed by atoms with van der Waals surface area (Å²) in [7, 11) is 3.08. The molecule has 7 heteroatoms. The molecule has 0 aliphatic carbocycles. The smallest absolute Gasteiger partial charge is 0.229 e. The molecular formula is C15H14BrClN2O3. The van der Waals surface area contributed by atoms with E-state index in [9.17, 15) is 4.79 Å². The number of methoxy groups -OCH3 is 2. The van der Waals surface area contributed by atoms with Crippen molar-refractivity contribution in [2.45, 2.75) is 6.42 Å². The monoisotopic (exact) mass is 384 g/mol. The highest BCUT2D eigenvalue weighted by Gasteiger charge is 2.09. The van der Waals surface area contributed by atoms with Gasteiger partial charge in [0.25, 0.3) is 0 Å². The summed E-state index contributed by atoms with van der Waals surface area (Å²) in [6, 6.07) is 7.06. The van der Waals surface area contributed by atoms with Gasteiger partial charge in [0.05, 0.1) is 31.3 Å². The lowest BCUT2D eigenvalue weighted by Gasteiger charge is -2.09. The number of benzene rings is 1. The number of pyridine rings is 1. The zero-order valence-electron chi connectivity index (χ0n) is 12.0. The molecule has 22 heavy (non-hydrogen) atoms. The van der Waals surface area contributed by atoms with E-state index >= 15 is 0 Å². The van der Waals surface area contributed by atoms with Gasteiger partial charge in [0.15, 0.2) is 0 Å². The van der Waals surface area contributed by atoms with Crippen LogP contribution in [0.2, 0.25) is 5.02 Å². The summed E-state index contributed by atoms with van der Waals surface area (Å²) in [5.41, 5.74) is 0.832. The third-order valence-corrected chi connectivity index (χ3v) is 3.83. The van der Waals surface area contributed by atoms with Crippen LogP contribution in [-0.2, 0) is 11.2 Å². The standard InChI is InChI=1S/C15H14BrClN2O3/c1-21-12-5-9(3-4-10(12)16)6-15(20)19-14-7-13(22-2)11(17)8-18-14/h3-5,7-8H,6H2,1-2H3,(H,18,19,20). The SMILES string of the molecule is COc1cc(NC(=O)Cc2ccc(Br)c(OC)c2)ncc1Cl. The van der Waals surface area contributed by atoms with Crippen LogP contribution in [-0.4, -0.2) is 25.1 Å². The number of rotatable bonds is 5. The normalized spacial score (nSPS) is 10.2. The van der Waals surface area contributed by atoms with Crippen molar-refractivity contribution < 1.29 is 14.3 Å². The van der Waals surface area contributed by atoms with E-state index in [1.807, 2.05) is 12.1 Å². The van der Waals surface area contributed by atoms with E-state index in [2.05, 4.69) is 26.2 Å². The van der Waals surface area contributed by atoms with Gasteiger partial charge in [0.1, 0.15) is 22.3 Å². The number of anilines is 1. The Morgan fingerprint density at radius 3 is 2.68 bits per heavy atom. The van der Waals surface area contributed by atoms with Gasteiger partial charge in [-0.15, -0.1) is 0 Å². The topological polar surface area (TPSA) is 60.5 Å². The minimum Gasteiger partial charge on any atom is -0.496 e. The number of aromatic nitrogens is 1. The van der Waals surface area contributed by atoms with E-state index in [-0.39, 0.29) is 12.3 Å². The van der Waals surface area contributed by atoms with Crippen molar-refractivity contribution in [3.63, 3.8) is 0 Å². The van der Waals surface area contributed by atoms with E-state index in [1.54, 1.807) is 19.2 Å². The van der Waals surface area contributed by atoms with Crippen molar-refractivity contribution in [3.8, 4) is 11.5 Å². The molecular weight excluding hydrogens is 372 g/mol. The number of nitrogens with zero attached hydrogens (tertiary/aromatic N) is 1. The molecule has 0 fully saturated rings. The van der Waals surface area contributed by atoms with Crippen LogP contribution in [0.25, 0.3) is 0 Å². The van der Waals surface area contributed by atoms with Crippen LogP contribution >= 0.6 is 27.5 Å². The van der Waals surface area contributed by atoms with E-state index in [0.717, 1.165) is 10.0 Å². The van der Waals surface area contributed by atoms with Crippen LogP contribution in [0.4, 0.5) is 5.82 Å². The first-order valence-electron chi connectivity index (χ1n) is 6.35. The zero-order chi connectivity index (χ0) is 16.1. The largest absolute Gasteiger partial charge is 0.496 e. The molecule has 0 unspecified atom stereocenters. The molecule has 0 aliphatic heterocycles. The molecule has 0 saturated heterocycles. The third kappa shape index (κ3) is 4.11. The van der Waals surface area contributed by atoms with Gasteiger partial charge in [-0.2, -0.15) is 0 Å². The highest BCUT2D eigenvalue weighted by atomic mass is 79.9. The number of carbonyl (C=O) groups excluding carboxylic acids is 1. The molecule has 0 spiro atoms. The van der Waals surface area contributed by atoms with Gasteiger partial charge in [-0.3, -0.25) is 4.79 Å². The second kappa shape index (κ2) is 7.47. The lowest BCUT2D eigenvalue weighted by Crippen LogP contribution is -2.15. The van der Waals surface area contributed by atoms with Crippen LogP contribution in [0.15, 0.2) is 34.9 Å². The van der Waals surface area contributed by atoms with Crippen molar-refractivity contribution in [2.75, 3.05) is 19.5 Å². The quantitative estimate of drug-likeness (QED) is 0.852. The number of nitrogens with one attached hydrogen (secondary N) is 1. The Bertz CT molecular complexity index is 637. The first-order valence-corrected chi connectivity index (χ1v) is 7.52. The van der Waals surface area contributed by atoms with Crippen molar-refractivity contribution in [3.05, 3.63) is 45.5 Å². The fraction of sp³-hybridized carbons (Fsp3) is 0.200. The predicted molar refractivity (Wildman–Crippen MR) is 88.8 cm³/mol. The highest BCUT2D eigenvalue weighted by Crippen LogP contribution is 2.27. The first-order chi connectivity index (χ1) is 10.5. The average molecular weight is 386 g/mol. The number of carbonyl (C=O) groups is 1. The van der Waals surface area contributed by atoms with Gasteiger partial charge >= 0.3 is 0 Å². The summed E-state index contributed by atoms with van der Waals surface area (Å²) in [4.78, 5) is 16.1. The molecule has 1 aromatic carbocycles. The van der Waals surface area contributed by atoms with Gasteiger partial charge in [-0.1, -0.05) is 17.7 Å². The molecule has 0 bridgehead atoms. The first kappa shape index (κ1) is 16.6. The van der Waals surface area contributed by atoms with Crippen molar-refractivity contribution in [1.82, 2.24) is 4.98 Å². The molecule has 2 rings (SSSR count). The Hall–Kier alpha value is -1.79. The number of halogens is 2. The van der Waals surface area contributed by atoms with Crippen LogP contribution in [0.3, 0.4) is 0 Å². The number of ether oxygens (including phenoxy) is 2. The Morgan fingerprint density at radius 1 is 1.27 bits per heavy atom. The van der Waals surface area contributed by atoms with Crippen LogP contribution < -0.4 is 14.8 Å². The molecule has 5 nitrogen and oxygen atoms in total. The summed E-state index contributed by atoms with van der Waals surface area (Å²) in [6.07, 6.45) is 1.63. The Balaban J connectivity index is 2.07. The lowest BCUT2D eigenvalue weighted by molar-refractivity contribution is -0.115. The number of amides is 1. The van der Waals surface area contributed by atoms with Crippen LogP contribution in [0.1, 0.15) is 5.56 Å². The molecule has 2 aromatic rings. The van der Waals surface area contributed by atoms with Gasteiger partial charge in [-0.25, -0.2) is 4.98 Å². The van der Waals surface area contributed by atoms with Crippen LogP contribution in [0.5, 0.6) is 11.5 Å². The number of hydrogen-bond acceptors (Lipinski definition) is 4. The van der Waals surface area contributed by atoms with E-state index < -0.39 is 0 Å². The van der Waals surface area contributed by atoms with Gasteiger partial charge in [-0.05, 0) is 33.6 Å². The van der Waals surface area contributed by atoms with Crippen molar-refractivity contribution >= 4 is 39.3 Å². The summed E-state index contributed by atoms with van der Waals surface area (Å²) in [6.45, 7) is 0. The maximum absolute atomic E-state index is 12.1. The summed E-state index contributed by atoms with van der Waals surface area (Å²) in [5.74, 6) is 1.32. The second-order valence-corrected chi connectivity index (χ2v) is 5.66. The van der Waals surface area contributed by atoms with Crippen LogP contribution in [0, 0.1) is 0 Å². The van der Waals surface area contributed by atoms with Crippen molar-refractivity contribution in [2.24, 2.45) is 0 Å². The third-order valence-electron chi connectivity index (χ3n) is 2.89. The summed E-state index contributed by atoms with van der Waals surface area (Å²) in [5, 5.41) is 3.09. The van der Waals surface area contributed by atoms with E-state index in [4.69, 9.17) is 21.1 Å². The molecule has 116 valence electrons. The second-order valence-electron chi connectivity index (χ2n) is 4.40. The molecule has 1 N–H and O–H groups in total. The molecule has 1 heterocycles. The van der Waals surface area contributed by atoms with Gasteiger partial charge in [0, 0.05) is 6.07 Å². The molecule has 0 aliphatic rings. The lowest BCUT2D eigenvalue weighted by atomic mass is 10.1. The maximum Gasteiger partial charge on any atom is 0.229 e. The Morgan fingerprint density at radius 2 is 2.00 bits per heavy atom. The summed E-state index contributed by atoms with van der Waals surface area (Å²) >= 11 is 9.26. The fourth-order valence-electron chi connectivity index (χ4n) is 1.83. The van der Waals surface area contributed by atoms with Gasteiger partial charge < -0.3 is 14.8 Å². The van der Waals surface area contributed by atoms with E-state index in [0.29, 0.717) is 22.3 Å². The average Bonchev–Trinajstić information content (AvgIpc) is 2.51.